The maximum atomic E-state index is 13.9. The predicted molar refractivity (Wildman–Crippen MR) is 87.0 cm³/mol. The Labute approximate surface area is 141 Å². The van der Waals surface area contributed by atoms with Gasteiger partial charge in [-0.1, -0.05) is 12.1 Å². The van der Waals surface area contributed by atoms with Gasteiger partial charge in [0, 0.05) is 18.7 Å². The van der Waals surface area contributed by atoms with Crippen LogP contribution in [0, 0.1) is 12.7 Å². The summed E-state index contributed by atoms with van der Waals surface area (Å²) in [7, 11) is 0. The van der Waals surface area contributed by atoms with E-state index in [2.05, 4.69) is 15.2 Å². The van der Waals surface area contributed by atoms with Crippen molar-refractivity contribution >= 4 is 17.2 Å². The highest BCUT2D eigenvalue weighted by Gasteiger charge is 2.25. The normalized spacial score (nSPS) is 13.8. The van der Waals surface area contributed by atoms with Crippen molar-refractivity contribution in [2.24, 2.45) is 0 Å². The molecule has 0 unspecified atom stereocenters. The van der Waals surface area contributed by atoms with E-state index >= 15 is 0 Å². The van der Waals surface area contributed by atoms with Crippen LogP contribution in [-0.2, 0) is 13.1 Å². The van der Waals surface area contributed by atoms with Gasteiger partial charge in [0.2, 0.25) is 0 Å². The zero-order chi connectivity index (χ0) is 16.7. The van der Waals surface area contributed by atoms with Crippen molar-refractivity contribution in [1.82, 2.24) is 24.6 Å². The van der Waals surface area contributed by atoms with Gasteiger partial charge >= 0.3 is 0 Å². The second-order valence-electron chi connectivity index (χ2n) is 5.55. The summed E-state index contributed by atoms with van der Waals surface area (Å²) in [5.74, 6) is 1.19. The lowest BCUT2D eigenvalue weighted by Gasteiger charge is -2.27. The molecule has 0 radical (unpaired) electrons. The van der Waals surface area contributed by atoms with Crippen molar-refractivity contribution in [1.29, 1.82) is 0 Å². The van der Waals surface area contributed by atoms with Crippen LogP contribution in [0.15, 0.2) is 30.5 Å². The average molecular weight is 343 g/mol. The Morgan fingerprint density at radius 1 is 1.25 bits per heavy atom. The number of halogens is 1. The second kappa shape index (κ2) is 5.79. The maximum Gasteiger partial charge on any atom is 0.266 e. The molecule has 0 saturated heterocycles. The van der Waals surface area contributed by atoms with E-state index in [1.165, 1.54) is 23.6 Å². The standard InChI is InChI=1S/C16H14FN5OS/c1-10-19-20-14-9-21(6-7-22(10)14)16(23)13-8-18-15(24-13)11-4-2-3-5-12(11)17/h2-5,8H,6-7,9H2,1H3. The average Bonchev–Trinajstić information content (AvgIpc) is 3.22. The highest BCUT2D eigenvalue weighted by molar-refractivity contribution is 7.16. The third-order valence-electron chi connectivity index (χ3n) is 4.05. The van der Waals surface area contributed by atoms with E-state index < -0.39 is 0 Å². The first-order chi connectivity index (χ1) is 11.6. The van der Waals surface area contributed by atoms with Crippen molar-refractivity contribution in [3.63, 3.8) is 0 Å². The zero-order valence-electron chi connectivity index (χ0n) is 12.9. The molecule has 1 aliphatic heterocycles. The van der Waals surface area contributed by atoms with Crippen LogP contribution in [0.3, 0.4) is 0 Å². The number of benzene rings is 1. The Hall–Kier alpha value is -2.61. The summed E-state index contributed by atoms with van der Waals surface area (Å²) in [6.07, 6.45) is 1.51. The molecule has 6 nitrogen and oxygen atoms in total. The molecule has 4 rings (SSSR count). The molecule has 0 atom stereocenters. The molecule has 0 spiro atoms. The van der Waals surface area contributed by atoms with Crippen LogP contribution in [0.25, 0.3) is 10.6 Å². The van der Waals surface area contributed by atoms with E-state index in [-0.39, 0.29) is 11.7 Å². The van der Waals surface area contributed by atoms with Crippen molar-refractivity contribution in [3.05, 3.63) is 52.8 Å². The van der Waals surface area contributed by atoms with Crippen molar-refractivity contribution in [2.75, 3.05) is 6.54 Å². The molecular weight excluding hydrogens is 329 g/mol. The van der Waals surface area contributed by atoms with Gasteiger partial charge in [-0.05, 0) is 19.1 Å². The second-order valence-corrected chi connectivity index (χ2v) is 6.58. The molecule has 0 saturated carbocycles. The molecule has 0 aliphatic carbocycles. The number of hydrogen-bond donors (Lipinski definition) is 0. The minimum absolute atomic E-state index is 0.109. The Morgan fingerprint density at radius 3 is 2.92 bits per heavy atom. The molecule has 2 aromatic heterocycles. The number of thiazole rings is 1. The Kier molecular flexibility index (Phi) is 3.61. The largest absolute Gasteiger partial charge is 0.329 e. The van der Waals surface area contributed by atoms with E-state index in [0.29, 0.717) is 35.1 Å². The van der Waals surface area contributed by atoms with Crippen LogP contribution < -0.4 is 0 Å². The van der Waals surface area contributed by atoms with E-state index in [1.54, 1.807) is 23.1 Å². The van der Waals surface area contributed by atoms with E-state index in [4.69, 9.17) is 0 Å². The zero-order valence-corrected chi connectivity index (χ0v) is 13.8. The number of hydrogen-bond acceptors (Lipinski definition) is 5. The molecule has 122 valence electrons. The highest BCUT2D eigenvalue weighted by atomic mass is 32.1. The van der Waals surface area contributed by atoms with Crippen molar-refractivity contribution < 1.29 is 9.18 Å². The Morgan fingerprint density at radius 2 is 2.08 bits per heavy atom. The van der Waals surface area contributed by atoms with Gasteiger partial charge in [-0.25, -0.2) is 9.37 Å². The van der Waals surface area contributed by atoms with Crippen LogP contribution in [-0.4, -0.2) is 37.1 Å². The van der Waals surface area contributed by atoms with Gasteiger partial charge in [0.1, 0.15) is 21.5 Å². The van der Waals surface area contributed by atoms with Crippen LogP contribution >= 0.6 is 11.3 Å². The SMILES string of the molecule is Cc1nnc2n1CCN(C(=O)c1cnc(-c3ccccc3F)s1)C2. The lowest BCUT2D eigenvalue weighted by atomic mass is 10.2. The molecule has 1 amide bonds. The van der Waals surface area contributed by atoms with E-state index in [1.807, 2.05) is 11.5 Å². The van der Waals surface area contributed by atoms with E-state index in [0.717, 1.165) is 11.6 Å². The third kappa shape index (κ3) is 2.48. The van der Waals surface area contributed by atoms with Gasteiger partial charge in [0.25, 0.3) is 5.91 Å². The molecule has 1 aliphatic rings. The van der Waals surface area contributed by atoms with E-state index in [9.17, 15) is 9.18 Å². The van der Waals surface area contributed by atoms with Gasteiger partial charge < -0.3 is 9.47 Å². The number of fused-ring (bicyclic) bond motifs is 1. The van der Waals surface area contributed by atoms with Crippen LogP contribution in [0.4, 0.5) is 4.39 Å². The number of carbonyl (C=O) groups is 1. The van der Waals surface area contributed by atoms with Gasteiger partial charge in [-0.3, -0.25) is 4.79 Å². The van der Waals surface area contributed by atoms with Gasteiger partial charge in [0.05, 0.1) is 12.7 Å². The summed E-state index contributed by atoms with van der Waals surface area (Å²) < 4.78 is 15.9. The quantitative estimate of drug-likeness (QED) is 0.717. The fourth-order valence-electron chi connectivity index (χ4n) is 2.76. The summed E-state index contributed by atoms with van der Waals surface area (Å²) in [6, 6.07) is 6.43. The topological polar surface area (TPSA) is 63.9 Å². The fraction of sp³-hybridized carbons (Fsp3) is 0.250. The Bertz CT molecular complexity index is 919. The summed E-state index contributed by atoms with van der Waals surface area (Å²) >= 11 is 1.20. The maximum absolute atomic E-state index is 13.9. The van der Waals surface area contributed by atoms with Crippen LogP contribution in [0.5, 0.6) is 0 Å². The molecule has 8 heteroatoms. The summed E-state index contributed by atoms with van der Waals surface area (Å²) in [5.41, 5.74) is 0.413. The van der Waals surface area contributed by atoms with Gasteiger partial charge in [-0.2, -0.15) is 0 Å². The van der Waals surface area contributed by atoms with Crippen molar-refractivity contribution in [3.8, 4) is 10.6 Å². The number of rotatable bonds is 2. The number of carbonyl (C=O) groups excluding carboxylic acids is 1. The molecule has 0 fully saturated rings. The number of amides is 1. The first-order valence-corrected chi connectivity index (χ1v) is 8.34. The van der Waals surface area contributed by atoms with Gasteiger partial charge in [0.15, 0.2) is 5.82 Å². The lowest BCUT2D eigenvalue weighted by Crippen LogP contribution is -2.38. The number of aryl methyl sites for hydroxylation is 1. The molecule has 0 bridgehead atoms. The monoisotopic (exact) mass is 343 g/mol. The summed E-state index contributed by atoms with van der Waals surface area (Å²) in [6.45, 7) is 3.60. The summed E-state index contributed by atoms with van der Waals surface area (Å²) in [4.78, 5) is 19.1. The molecule has 24 heavy (non-hydrogen) atoms. The van der Waals surface area contributed by atoms with Crippen molar-refractivity contribution in [2.45, 2.75) is 20.0 Å². The molecule has 0 N–H and O–H groups in total. The van der Waals surface area contributed by atoms with Crippen LogP contribution in [0.1, 0.15) is 21.3 Å². The number of nitrogens with zero attached hydrogens (tertiary/aromatic N) is 5. The first kappa shape index (κ1) is 14.9. The summed E-state index contributed by atoms with van der Waals surface area (Å²) in [5, 5.41) is 8.65. The third-order valence-corrected chi connectivity index (χ3v) is 5.06. The molecule has 3 aromatic rings. The smallest absolute Gasteiger partial charge is 0.266 e. The molecule has 3 heterocycles. The lowest BCUT2D eigenvalue weighted by molar-refractivity contribution is 0.0711. The predicted octanol–water partition coefficient (Wildman–Crippen LogP) is 2.51. The minimum Gasteiger partial charge on any atom is -0.329 e. The first-order valence-electron chi connectivity index (χ1n) is 7.52. The molecular formula is C16H14FN5OS. The minimum atomic E-state index is -0.340. The Balaban J connectivity index is 1.57. The highest BCUT2D eigenvalue weighted by Crippen LogP contribution is 2.28. The fourth-order valence-corrected chi connectivity index (χ4v) is 3.68. The molecule has 1 aromatic carbocycles. The van der Waals surface area contributed by atoms with Gasteiger partial charge in [-0.15, -0.1) is 21.5 Å². The number of aromatic nitrogens is 4. The van der Waals surface area contributed by atoms with Crippen LogP contribution in [0.2, 0.25) is 0 Å².